The van der Waals surface area contributed by atoms with Crippen LogP contribution in [0.5, 0.6) is 0 Å². The molecule has 18 heteroatoms. The summed E-state index contributed by atoms with van der Waals surface area (Å²) in [6.07, 6.45) is -13.0. The van der Waals surface area contributed by atoms with Gasteiger partial charge in [0.1, 0.15) is 29.6 Å². The molecule has 5 atom stereocenters. The SMILES string of the molecule is CC(C)OC(=O)c1cnn(-c2ccc(-n3cc(-c4cccc(C(=O)O[C@@H]5O[C@H](C(=O)O)[C@@H](O)[C@H](O)[C@H]5O)c4)nn3)cc2)c1C(F)(F)F. The molecule has 4 N–H and O–H groups in total. The number of carbonyl (C=O) groups excluding carboxylic acids is 2. The first-order valence-corrected chi connectivity index (χ1v) is 13.8. The van der Waals surface area contributed by atoms with E-state index in [-0.39, 0.29) is 16.9 Å². The van der Waals surface area contributed by atoms with E-state index in [1.165, 1.54) is 67.2 Å². The van der Waals surface area contributed by atoms with Crippen molar-refractivity contribution in [3.8, 4) is 22.6 Å². The number of nitrogens with zero attached hydrogens (tertiary/aromatic N) is 5. The van der Waals surface area contributed by atoms with E-state index in [9.17, 15) is 48.0 Å². The van der Waals surface area contributed by atoms with Gasteiger partial charge in [0.2, 0.25) is 6.29 Å². The second-order valence-corrected chi connectivity index (χ2v) is 10.6. The van der Waals surface area contributed by atoms with Crippen LogP contribution in [0.1, 0.15) is 40.3 Å². The smallest absolute Gasteiger partial charge is 0.434 e. The minimum Gasteiger partial charge on any atom is -0.479 e. The third kappa shape index (κ3) is 6.85. The summed E-state index contributed by atoms with van der Waals surface area (Å²) >= 11 is 0. The van der Waals surface area contributed by atoms with E-state index < -0.39 is 72.2 Å². The molecule has 0 spiro atoms. The maximum Gasteiger partial charge on any atom is 0.434 e. The summed E-state index contributed by atoms with van der Waals surface area (Å²) in [7, 11) is 0. The molecule has 1 aliphatic heterocycles. The standard InChI is InChI=1S/C29H26F3N5O10/c1-13(2)45-27(44)18-11-33-37(24(18)29(30,31)32)17-8-6-16(7-9-17)36-12-19(34-35-36)14-4-3-5-15(10-14)26(43)47-28-22(40)20(38)21(39)23(46-28)25(41)42/h3-13,20-23,28,38-40H,1-2H3,(H,41,42)/t20-,21-,22+,23-,28-/m0/s1. The summed E-state index contributed by atoms with van der Waals surface area (Å²) in [5.41, 5.74) is -1.07. The molecule has 0 radical (unpaired) electrons. The Morgan fingerprint density at radius 1 is 0.957 bits per heavy atom. The third-order valence-corrected chi connectivity index (χ3v) is 6.88. The Hall–Kier alpha value is -5.17. The van der Waals surface area contributed by atoms with Crippen LogP contribution < -0.4 is 0 Å². The molecule has 0 aliphatic carbocycles. The molecular formula is C29H26F3N5O10. The number of benzene rings is 2. The fourth-order valence-corrected chi connectivity index (χ4v) is 4.64. The summed E-state index contributed by atoms with van der Waals surface area (Å²) in [6.45, 7) is 3.01. The third-order valence-electron chi connectivity index (χ3n) is 6.88. The van der Waals surface area contributed by atoms with Crippen molar-refractivity contribution in [2.24, 2.45) is 0 Å². The lowest BCUT2D eigenvalue weighted by molar-refractivity contribution is -0.278. The molecule has 1 fully saturated rings. The van der Waals surface area contributed by atoms with Gasteiger partial charge in [0.15, 0.2) is 11.8 Å². The molecule has 0 saturated carbocycles. The number of ether oxygens (including phenoxy) is 3. The number of rotatable bonds is 8. The molecule has 47 heavy (non-hydrogen) atoms. The van der Waals surface area contributed by atoms with Crippen molar-refractivity contribution in [3.63, 3.8) is 0 Å². The quantitative estimate of drug-likeness (QED) is 0.199. The molecule has 0 bridgehead atoms. The average Bonchev–Trinajstić information content (AvgIpc) is 3.70. The summed E-state index contributed by atoms with van der Waals surface area (Å²) in [5, 5.41) is 50.9. The van der Waals surface area contributed by atoms with E-state index in [2.05, 4.69) is 15.4 Å². The highest BCUT2D eigenvalue weighted by molar-refractivity contribution is 5.91. The van der Waals surface area contributed by atoms with Crippen molar-refractivity contribution in [1.82, 2.24) is 24.8 Å². The van der Waals surface area contributed by atoms with Crippen LogP contribution in [0.4, 0.5) is 13.2 Å². The molecule has 3 heterocycles. The number of carboxylic acid groups (broad SMARTS) is 1. The lowest BCUT2D eigenvalue weighted by atomic mass is 9.99. The van der Waals surface area contributed by atoms with Crippen LogP contribution in [0, 0.1) is 0 Å². The molecule has 15 nitrogen and oxygen atoms in total. The zero-order valence-corrected chi connectivity index (χ0v) is 24.3. The minimum atomic E-state index is -4.92. The van der Waals surface area contributed by atoms with Crippen LogP contribution in [0.25, 0.3) is 22.6 Å². The van der Waals surface area contributed by atoms with Gasteiger partial charge in [-0.2, -0.15) is 18.3 Å². The number of aliphatic carboxylic acids is 1. The van der Waals surface area contributed by atoms with Crippen LogP contribution in [-0.4, -0.2) is 99.9 Å². The van der Waals surface area contributed by atoms with E-state index in [4.69, 9.17) is 14.2 Å². The number of aliphatic hydroxyl groups excluding tert-OH is 3. The second-order valence-electron chi connectivity index (χ2n) is 10.6. The predicted molar refractivity (Wildman–Crippen MR) is 149 cm³/mol. The van der Waals surface area contributed by atoms with Crippen molar-refractivity contribution < 1.29 is 62.2 Å². The number of carboxylic acids is 1. The number of esters is 2. The Morgan fingerprint density at radius 3 is 2.28 bits per heavy atom. The van der Waals surface area contributed by atoms with Gasteiger partial charge >= 0.3 is 24.1 Å². The van der Waals surface area contributed by atoms with Crippen LogP contribution in [-0.2, 0) is 25.2 Å². The first-order valence-electron chi connectivity index (χ1n) is 13.8. The number of hydrogen-bond acceptors (Lipinski definition) is 12. The maximum absolute atomic E-state index is 13.9. The van der Waals surface area contributed by atoms with E-state index >= 15 is 0 Å². The molecule has 248 valence electrons. The normalized spacial score (nSPS) is 21.4. The Labute approximate surface area is 262 Å². The van der Waals surface area contributed by atoms with Gasteiger partial charge in [0.05, 0.1) is 35.4 Å². The molecule has 1 aliphatic rings. The minimum absolute atomic E-state index is 0.00000776. The first kappa shape index (κ1) is 33.2. The highest BCUT2D eigenvalue weighted by Gasteiger charge is 2.48. The van der Waals surface area contributed by atoms with Crippen molar-refractivity contribution in [2.75, 3.05) is 0 Å². The lowest BCUT2D eigenvalue weighted by Gasteiger charge is -2.37. The van der Waals surface area contributed by atoms with Crippen LogP contribution >= 0.6 is 0 Å². The molecule has 5 rings (SSSR count). The van der Waals surface area contributed by atoms with Crippen LogP contribution in [0.2, 0.25) is 0 Å². The van der Waals surface area contributed by atoms with Crippen molar-refractivity contribution in [3.05, 3.63) is 77.7 Å². The highest BCUT2D eigenvalue weighted by atomic mass is 19.4. The zero-order valence-electron chi connectivity index (χ0n) is 24.3. The summed E-state index contributed by atoms with van der Waals surface area (Å²) in [5.74, 6) is -3.85. The maximum atomic E-state index is 13.9. The molecule has 2 aromatic carbocycles. The molecular weight excluding hydrogens is 635 g/mol. The van der Waals surface area contributed by atoms with Gasteiger partial charge in [0.25, 0.3) is 0 Å². The van der Waals surface area contributed by atoms with Crippen molar-refractivity contribution >= 4 is 17.9 Å². The van der Waals surface area contributed by atoms with Crippen molar-refractivity contribution in [1.29, 1.82) is 0 Å². The van der Waals surface area contributed by atoms with Gasteiger partial charge in [0, 0.05) is 5.56 Å². The Morgan fingerprint density at radius 2 is 1.64 bits per heavy atom. The fraction of sp³-hybridized carbons (Fsp3) is 0.310. The van der Waals surface area contributed by atoms with Gasteiger partial charge in [-0.1, -0.05) is 17.3 Å². The van der Waals surface area contributed by atoms with E-state index in [1.807, 2.05) is 0 Å². The molecule has 1 saturated heterocycles. The number of alkyl halides is 3. The van der Waals surface area contributed by atoms with Crippen molar-refractivity contribution in [2.45, 2.75) is 56.8 Å². The Balaban J connectivity index is 1.33. The van der Waals surface area contributed by atoms with Gasteiger partial charge < -0.3 is 34.6 Å². The van der Waals surface area contributed by atoms with Gasteiger partial charge in [-0.3, -0.25) is 0 Å². The molecule has 2 aromatic heterocycles. The summed E-state index contributed by atoms with van der Waals surface area (Å²) in [4.78, 5) is 36.4. The van der Waals surface area contributed by atoms with Crippen LogP contribution in [0.15, 0.2) is 60.9 Å². The average molecular weight is 662 g/mol. The molecule has 0 amide bonds. The van der Waals surface area contributed by atoms with Gasteiger partial charge in [-0.05, 0) is 50.2 Å². The topological polar surface area (TPSA) is 208 Å². The fourth-order valence-electron chi connectivity index (χ4n) is 4.64. The van der Waals surface area contributed by atoms with Crippen LogP contribution in [0.3, 0.4) is 0 Å². The number of hydrogen-bond donors (Lipinski definition) is 4. The molecule has 4 aromatic rings. The zero-order chi connectivity index (χ0) is 34.2. The largest absolute Gasteiger partial charge is 0.479 e. The monoisotopic (exact) mass is 661 g/mol. The highest BCUT2D eigenvalue weighted by Crippen LogP contribution is 2.34. The Kier molecular flexibility index (Phi) is 9.12. The number of aliphatic hydroxyl groups is 3. The summed E-state index contributed by atoms with van der Waals surface area (Å²) < 4.78 is 58.7. The Bertz CT molecular complexity index is 1790. The first-order chi connectivity index (χ1) is 22.1. The van der Waals surface area contributed by atoms with E-state index in [0.29, 0.717) is 15.9 Å². The summed E-state index contributed by atoms with van der Waals surface area (Å²) in [6, 6.07) is 11.3. The lowest BCUT2D eigenvalue weighted by Crippen LogP contribution is -2.60. The second kappa shape index (κ2) is 12.9. The molecule has 0 unspecified atom stereocenters. The van der Waals surface area contributed by atoms with E-state index in [0.717, 1.165) is 6.20 Å². The number of carbonyl (C=O) groups is 3. The van der Waals surface area contributed by atoms with E-state index in [1.54, 1.807) is 6.07 Å². The predicted octanol–water partition coefficient (Wildman–Crippen LogP) is 1.75. The van der Waals surface area contributed by atoms with Gasteiger partial charge in [-0.15, -0.1) is 5.10 Å². The number of aromatic nitrogens is 5. The number of halogens is 3. The van der Waals surface area contributed by atoms with Gasteiger partial charge in [-0.25, -0.2) is 23.7 Å².